The smallest absolute Gasteiger partial charge is 0.229 e. The molecule has 0 bridgehead atoms. The Hall–Kier alpha value is -1.40. The van der Waals surface area contributed by atoms with Gasteiger partial charge in [-0.05, 0) is 64.5 Å². The maximum Gasteiger partial charge on any atom is 0.229 e. The fourth-order valence-electron chi connectivity index (χ4n) is 4.17. The molecule has 0 atom stereocenters. The third-order valence-electron chi connectivity index (χ3n) is 4.61. The fraction of sp³-hybridized carbons (Fsp3) is 0.737. The lowest BCUT2D eigenvalue weighted by molar-refractivity contribution is 0.122. The Morgan fingerprint density at radius 3 is 2.31 bits per heavy atom. The first-order chi connectivity index (χ1) is 12.2. The van der Waals surface area contributed by atoms with Crippen LogP contribution >= 0.6 is 11.6 Å². The van der Waals surface area contributed by atoms with Crippen LogP contribution in [0.5, 0.6) is 0 Å². The summed E-state index contributed by atoms with van der Waals surface area (Å²) in [7, 11) is 0. The molecule has 2 heterocycles. The summed E-state index contributed by atoms with van der Waals surface area (Å²) in [5.41, 5.74) is 0.447. The summed E-state index contributed by atoms with van der Waals surface area (Å²) in [6.07, 6.45) is 7.78. The SMILES string of the molecule is C=CCNc1nc(Cl)nc(NCCCCC2CC(C)(C)NC(C)(C)C2)n1. The molecule has 0 aliphatic carbocycles. The van der Waals surface area contributed by atoms with Crippen molar-refractivity contribution in [2.24, 2.45) is 5.92 Å². The van der Waals surface area contributed by atoms with E-state index in [2.05, 4.69) is 65.2 Å². The standard InChI is InChI=1S/C19H33ClN6/c1-6-10-21-16-23-15(20)24-17(25-16)22-11-8-7-9-14-12-18(2,3)26-19(4,5)13-14/h6,14,26H,1,7-13H2,2-5H3,(H2,21,22,23,24,25). The second-order valence-electron chi connectivity index (χ2n) is 8.51. The van der Waals surface area contributed by atoms with Gasteiger partial charge in [0, 0.05) is 24.2 Å². The van der Waals surface area contributed by atoms with Crippen LogP contribution in [0.15, 0.2) is 12.7 Å². The number of unbranched alkanes of at least 4 members (excludes halogenated alkanes) is 1. The first-order valence-corrected chi connectivity index (χ1v) is 9.86. The lowest BCUT2D eigenvalue weighted by Crippen LogP contribution is -2.57. The minimum Gasteiger partial charge on any atom is -0.354 e. The highest BCUT2D eigenvalue weighted by molar-refractivity contribution is 6.28. The Morgan fingerprint density at radius 2 is 1.69 bits per heavy atom. The van der Waals surface area contributed by atoms with Gasteiger partial charge in [-0.15, -0.1) is 6.58 Å². The highest BCUT2D eigenvalue weighted by atomic mass is 35.5. The highest BCUT2D eigenvalue weighted by Gasteiger charge is 2.36. The molecule has 1 aromatic rings. The Bertz CT molecular complexity index is 586. The van der Waals surface area contributed by atoms with Gasteiger partial charge in [-0.25, -0.2) is 0 Å². The van der Waals surface area contributed by atoms with Crippen molar-refractivity contribution in [3.8, 4) is 0 Å². The maximum atomic E-state index is 5.95. The molecule has 1 fully saturated rings. The van der Waals surface area contributed by atoms with E-state index in [9.17, 15) is 0 Å². The Kier molecular flexibility index (Phi) is 7.24. The third kappa shape index (κ3) is 7.08. The summed E-state index contributed by atoms with van der Waals surface area (Å²) in [5, 5.41) is 10.2. The molecule has 7 heteroatoms. The van der Waals surface area contributed by atoms with Gasteiger partial charge in [-0.1, -0.05) is 18.9 Å². The highest BCUT2D eigenvalue weighted by Crippen LogP contribution is 2.35. The number of rotatable bonds is 9. The van der Waals surface area contributed by atoms with E-state index in [0.717, 1.165) is 18.9 Å². The van der Waals surface area contributed by atoms with Crippen molar-refractivity contribution in [2.45, 2.75) is 70.9 Å². The molecule has 146 valence electrons. The number of nitrogens with zero attached hydrogens (tertiary/aromatic N) is 3. The topological polar surface area (TPSA) is 74.8 Å². The fourth-order valence-corrected chi connectivity index (χ4v) is 4.33. The van der Waals surface area contributed by atoms with E-state index < -0.39 is 0 Å². The molecule has 0 amide bonds. The van der Waals surface area contributed by atoms with E-state index >= 15 is 0 Å². The van der Waals surface area contributed by atoms with Crippen molar-refractivity contribution < 1.29 is 0 Å². The van der Waals surface area contributed by atoms with Gasteiger partial charge in [0.2, 0.25) is 17.2 Å². The molecule has 1 saturated heterocycles. The molecule has 3 N–H and O–H groups in total. The summed E-state index contributed by atoms with van der Waals surface area (Å²) in [4.78, 5) is 12.5. The average molecular weight is 381 g/mol. The van der Waals surface area contributed by atoms with Gasteiger partial charge in [0.25, 0.3) is 0 Å². The maximum absolute atomic E-state index is 5.95. The zero-order valence-electron chi connectivity index (χ0n) is 16.5. The first-order valence-electron chi connectivity index (χ1n) is 9.49. The lowest BCUT2D eigenvalue weighted by Gasteiger charge is -2.46. The lowest BCUT2D eigenvalue weighted by atomic mass is 9.74. The number of piperidine rings is 1. The summed E-state index contributed by atoms with van der Waals surface area (Å²) in [5.74, 6) is 1.76. The Labute approximate surface area is 162 Å². The molecule has 0 spiro atoms. The zero-order chi connectivity index (χ0) is 19.2. The minimum absolute atomic E-state index is 0.188. The normalized spacial score (nSPS) is 19.1. The van der Waals surface area contributed by atoms with Gasteiger partial charge >= 0.3 is 0 Å². The number of hydrogen-bond donors (Lipinski definition) is 3. The minimum atomic E-state index is 0.188. The van der Waals surface area contributed by atoms with Crippen molar-refractivity contribution in [2.75, 3.05) is 23.7 Å². The van der Waals surface area contributed by atoms with Crippen LogP contribution in [0.2, 0.25) is 5.28 Å². The molecule has 0 unspecified atom stereocenters. The van der Waals surface area contributed by atoms with Gasteiger partial charge < -0.3 is 16.0 Å². The Morgan fingerprint density at radius 1 is 1.08 bits per heavy atom. The van der Waals surface area contributed by atoms with Crippen molar-refractivity contribution in [1.29, 1.82) is 0 Å². The monoisotopic (exact) mass is 380 g/mol. The second kappa shape index (κ2) is 9.00. The molecule has 6 nitrogen and oxygen atoms in total. The average Bonchev–Trinajstić information content (AvgIpc) is 2.49. The Balaban J connectivity index is 1.74. The molecular weight excluding hydrogens is 348 g/mol. The summed E-state index contributed by atoms with van der Waals surface area (Å²) < 4.78 is 0. The van der Waals surface area contributed by atoms with Gasteiger partial charge in [-0.2, -0.15) is 15.0 Å². The van der Waals surface area contributed by atoms with E-state index in [1.807, 2.05) is 0 Å². The van der Waals surface area contributed by atoms with E-state index in [4.69, 9.17) is 11.6 Å². The number of aromatic nitrogens is 3. The van der Waals surface area contributed by atoms with Crippen LogP contribution in [-0.4, -0.2) is 39.1 Å². The summed E-state index contributed by atoms with van der Waals surface area (Å²) in [6, 6.07) is 0. The molecule has 0 aromatic carbocycles. The molecular formula is C19H33ClN6. The first kappa shape index (κ1) is 20.9. The number of anilines is 2. The molecule has 2 rings (SSSR count). The van der Waals surface area contributed by atoms with Crippen LogP contribution in [0, 0.1) is 5.92 Å². The van der Waals surface area contributed by atoms with Crippen LogP contribution in [0.4, 0.5) is 11.9 Å². The molecule has 1 aromatic heterocycles. The van der Waals surface area contributed by atoms with Crippen LogP contribution in [-0.2, 0) is 0 Å². The number of halogens is 1. The zero-order valence-corrected chi connectivity index (χ0v) is 17.3. The third-order valence-corrected chi connectivity index (χ3v) is 4.78. The van der Waals surface area contributed by atoms with E-state index in [1.165, 1.54) is 25.7 Å². The van der Waals surface area contributed by atoms with Gasteiger partial charge in [0.05, 0.1) is 0 Å². The second-order valence-corrected chi connectivity index (χ2v) is 8.85. The van der Waals surface area contributed by atoms with E-state index in [1.54, 1.807) is 6.08 Å². The van der Waals surface area contributed by atoms with Gasteiger partial charge in [0.1, 0.15) is 0 Å². The van der Waals surface area contributed by atoms with Crippen LogP contribution in [0.1, 0.15) is 59.8 Å². The predicted molar refractivity (Wildman–Crippen MR) is 110 cm³/mol. The predicted octanol–water partition coefficient (Wildman–Crippen LogP) is 4.26. The van der Waals surface area contributed by atoms with Crippen molar-refractivity contribution in [1.82, 2.24) is 20.3 Å². The van der Waals surface area contributed by atoms with E-state index in [-0.39, 0.29) is 16.4 Å². The van der Waals surface area contributed by atoms with Crippen LogP contribution < -0.4 is 16.0 Å². The van der Waals surface area contributed by atoms with E-state index in [0.29, 0.717) is 18.4 Å². The largest absolute Gasteiger partial charge is 0.354 e. The number of nitrogens with one attached hydrogen (secondary N) is 3. The van der Waals surface area contributed by atoms with Crippen LogP contribution in [0.3, 0.4) is 0 Å². The quantitative estimate of drug-likeness (QED) is 0.439. The van der Waals surface area contributed by atoms with Crippen molar-refractivity contribution in [3.05, 3.63) is 17.9 Å². The molecule has 0 radical (unpaired) electrons. The van der Waals surface area contributed by atoms with Crippen molar-refractivity contribution in [3.63, 3.8) is 0 Å². The van der Waals surface area contributed by atoms with Crippen LogP contribution in [0.25, 0.3) is 0 Å². The number of hydrogen-bond acceptors (Lipinski definition) is 6. The summed E-state index contributed by atoms with van der Waals surface area (Å²) in [6.45, 7) is 14.3. The van der Waals surface area contributed by atoms with Gasteiger partial charge in [0.15, 0.2) is 0 Å². The molecule has 1 aliphatic heterocycles. The van der Waals surface area contributed by atoms with Crippen molar-refractivity contribution >= 4 is 23.5 Å². The molecule has 26 heavy (non-hydrogen) atoms. The summed E-state index contributed by atoms with van der Waals surface area (Å²) >= 11 is 5.95. The van der Waals surface area contributed by atoms with Gasteiger partial charge in [-0.3, -0.25) is 0 Å². The molecule has 0 saturated carbocycles. The molecule has 1 aliphatic rings.